The van der Waals surface area contributed by atoms with Gasteiger partial charge in [0, 0.05) is 37.9 Å². The lowest BCUT2D eigenvalue weighted by Gasteiger charge is -2.20. The monoisotopic (exact) mass is 332 g/mol. The highest BCUT2D eigenvalue weighted by molar-refractivity contribution is 5.97. The highest BCUT2D eigenvalue weighted by Gasteiger charge is 2.36. The predicted octanol–water partition coefficient (Wildman–Crippen LogP) is 1.38. The minimum Gasteiger partial charge on any atom is -0.454 e. The number of hydrogen-bond acceptors (Lipinski definition) is 5. The molecule has 3 aliphatic rings. The third-order valence-electron chi connectivity index (χ3n) is 4.67. The normalized spacial score (nSPS) is 25.3. The minimum absolute atomic E-state index is 0.0244. The molecule has 0 spiro atoms. The second kappa shape index (κ2) is 6.32. The molecule has 0 aliphatic carbocycles. The maximum absolute atomic E-state index is 12.4. The third kappa shape index (κ3) is 3.03. The second-order valence-corrected chi connectivity index (χ2v) is 6.39. The molecule has 0 bridgehead atoms. The Labute approximate surface area is 139 Å². The van der Waals surface area contributed by atoms with Crippen LogP contribution < -0.4 is 14.8 Å². The Kier molecular flexibility index (Phi) is 4.02. The van der Waals surface area contributed by atoms with Crippen molar-refractivity contribution in [3.63, 3.8) is 0 Å². The first-order chi connectivity index (χ1) is 11.7. The Hall–Kier alpha value is -2.28. The number of rotatable bonds is 4. The molecule has 0 saturated carbocycles. The zero-order valence-electron chi connectivity index (χ0n) is 13.3. The summed E-state index contributed by atoms with van der Waals surface area (Å²) in [7, 11) is 0. The molecule has 128 valence electrons. The average molecular weight is 332 g/mol. The largest absolute Gasteiger partial charge is 0.454 e. The minimum atomic E-state index is -0.329. The molecule has 1 aromatic carbocycles. The Morgan fingerprint density at radius 3 is 3.00 bits per heavy atom. The SMILES string of the molecule is O=C(Nc1ccc2c(c1)OCO2)C1CC(=O)N(CC2CCCO2)C1. The lowest BCUT2D eigenvalue weighted by Crippen LogP contribution is -2.34. The number of nitrogens with zero attached hydrogens (tertiary/aromatic N) is 1. The Balaban J connectivity index is 1.35. The van der Waals surface area contributed by atoms with Crippen molar-refractivity contribution in [1.82, 2.24) is 4.90 Å². The van der Waals surface area contributed by atoms with Crippen molar-refractivity contribution >= 4 is 17.5 Å². The fraction of sp³-hybridized carbons (Fsp3) is 0.529. The molecule has 2 saturated heterocycles. The van der Waals surface area contributed by atoms with E-state index < -0.39 is 0 Å². The van der Waals surface area contributed by atoms with E-state index >= 15 is 0 Å². The lowest BCUT2D eigenvalue weighted by molar-refractivity contribution is -0.129. The summed E-state index contributed by atoms with van der Waals surface area (Å²) in [4.78, 5) is 26.3. The molecule has 1 aromatic rings. The topological polar surface area (TPSA) is 77.1 Å². The van der Waals surface area contributed by atoms with Gasteiger partial charge in [-0.2, -0.15) is 0 Å². The van der Waals surface area contributed by atoms with Crippen LogP contribution in [0.5, 0.6) is 11.5 Å². The molecule has 0 radical (unpaired) electrons. The molecule has 3 heterocycles. The quantitative estimate of drug-likeness (QED) is 0.901. The number of fused-ring (bicyclic) bond motifs is 1. The Morgan fingerprint density at radius 2 is 2.17 bits per heavy atom. The molecule has 2 unspecified atom stereocenters. The van der Waals surface area contributed by atoms with Gasteiger partial charge >= 0.3 is 0 Å². The molecule has 2 amide bonds. The molecule has 4 rings (SSSR count). The molecular weight excluding hydrogens is 312 g/mol. The number of likely N-dealkylation sites (tertiary alicyclic amines) is 1. The van der Waals surface area contributed by atoms with Crippen LogP contribution in [0.2, 0.25) is 0 Å². The number of nitrogens with one attached hydrogen (secondary N) is 1. The van der Waals surface area contributed by atoms with Crippen molar-refractivity contribution < 1.29 is 23.8 Å². The van der Waals surface area contributed by atoms with E-state index in [4.69, 9.17) is 14.2 Å². The van der Waals surface area contributed by atoms with E-state index in [1.807, 2.05) is 0 Å². The van der Waals surface area contributed by atoms with Crippen molar-refractivity contribution in [2.45, 2.75) is 25.4 Å². The lowest BCUT2D eigenvalue weighted by atomic mass is 10.1. The molecule has 1 N–H and O–H groups in total. The highest BCUT2D eigenvalue weighted by atomic mass is 16.7. The van der Waals surface area contributed by atoms with Gasteiger partial charge in [-0.3, -0.25) is 9.59 Å². The van der Waals surface area contributed by atoms with E-state index in [9.17, 15) is 9.59 Å². The fourth-order valence-electron chi connectivity index (χ4n) is 3.38. The first kappa shape index (κ1) is 15.3. The summed E-state index contributed by atoms with van der Waals surface area (Å²) in [6.07, 6.45) is 2.39. The van der Waals surface area contributed by atoms with Crippen molar-refractivity contribution in [3.8, 4) is 11.5 Å². The first-order valence-electron chi connectivity index (χ1n) is 8.29. The van der Waals surface area contributed by atoms with Gasteiger partial charge in [0.2, 0.25) is 18.6 Å². The summed E-state index contributed by atoms with van der Waals surface area (Å²) in [6, 6.07) is 5.27. The van der Waals surface area contributed by atoms with Crippen LogP contribution in [0.25, 0.3) is 0 Å². The molecule has 7 heteroatoms. The van der Waals surface area contributed by atoms with Crippen LogP contribution in [0, 0.1) is 5.92 Å². The van der Waals surface area contributed by atoms with Gasteiger partial charge in [0.25, 0.3) is 0 Å². The fourth-order valence-corrected chi connectivity index (χ4v) is 3.38. The van der Waals surface area contributed by atoms with Gasteiger partial charge in [-0.25, -0.2) is 0 Å². The molecule has 0 aromatic heterocycles. The van der Waals surface area contributed by atoms with E-state index in [-0.39, 0.29) is 37.0 Å². The van der Waals surface area contributed by atoms with Gasteiger partial charge in [0.1, 0.15) is 0 Å². The summed E-state index contributed by atoms with van der Waals surface area (Å²) in [5.74, 6) is 0.847. The third-order valence-corrected chi connectivity index (χ3v) is 4.67. The van der Waals surface area contributed by atoms with Crippen LogP contribution in [-0.2, 0) is 14.3 Å². The van der Waals surface area contributed by atoms with Crippen LogP contribution >= 0.6 is 0 Å². The molecular formula is C17H20N2O5. The van der Waals surface area contributed by atoms with Crippen LogP contribution in [-0.4, -0.2) is 49.3 Å². The van der Waals surface area contributed by atoms with Crippen molar-refractivity contribution in [2.75, 3.05) is 31.8 Å². The first-order valence-corrected chi connectivity index (χ1v) is 8.29. The zero-order valence-corrected chi connectivity index (χ0v) is 13.3. The van der Waals surface area contributed by atoms with E-state index in [1.165, 1.54) is 0 Å². The smallest absolute Gasteiger partial charge is 0.231 e. The van der Waals surface area contributed by atoms with Gasteiger partial charge < -0.3 is 24.4 Å². The molecule has 3 aliphatic heterocycles. The Morgan fingerprint density at radius 1 is 1.29 bits per heavy atom. The number of ether oxygens (including phenoxy) is 3. The maximum atomic E-state index is 12.4. The van der Waals surface area contributed by atoms with Crippen molar-refractivity contribution in [1.29, 1.82) is 0 Å². The second-order valence-electron chi connectivity index (χ2n) is 6.39. The van der Waals surface area contributed by atoms with Crippen molar-refractivity contribution in [2.24, 2.45) is 5.92 Å². The van der Waals surface area contributed by atoms with Crippen LogP contribution in [0.4, 0.5) is 5.69 Å². The average Bonchev–Trinajstić information content (AvgIpc) is 3.29. The number of amides is 2. The molecule has 2 fully saturated rings. The van der Waals surface area contributed by atoms with E-state index in [0.717, 1.165) is 19.4 Å². The summed E-state index contributed by atoms with van der Waals surface area (Å²) in [5.41, 5.74) is 0.647. The Bertz CT molecular complexity index is 656. The van der Waals surface area contributed by atoms with Gasteiger partial charge in [-0.1, -0.05) is 0 Å². The van der Waals surface area contributed by atoms with E-state index in [1.54, 1.807) is 23.1 Å². The van der Waals surface area contributed by atoms with Crippen molar-refractivity contribution in [3.05, 3.63) is 18.2 Å². The highest BCUT2D eigenvalue weighted by Crippen LogP contribution is 2.34. The van der Waals surface area contributed by atoms with Crippen LogP contribution in [0.1, 0.15) is 19.3 Å². The van der Waals surface area contributed by atoms with Crippen LogP contribution in [0.3, 0.4) is 0 Å². The van der Waals surface area contributed by atoms with Gasteiger partial charge in [-0.05, 0) is 25.0 Å². The number of anilines is 1. The molecule has 24 heavy (non-hydrogen) atoms. The number of benzene rings is 1. The number of hydrogen-bond donors (Lipinski definition) is 1. The summed E-state index contributed by atoms with van der Waals surface area (Å²) in [6.45, 7) is 2.00. The number of carbonyl (C=O) groups is 2. The van der Waals surface area contributed by atoms with Gasteiger partial charge in [0.05, 0.1) is 12.0 Å². The molecule has 2 atom stereocenters. The summed E-state index contributed by atoms with van der Waals surface area (Å²) in [5, 5.41) is 2.86. The number of carbonyl (C=O) groups excluding carboxylic acids is 2. The zero-order chi connectivity index (χ0) is 16.5. The van der Waals surface area contributed by atoms with E-state index in [0.29, 0.717) is 30.3 Å². The standard InChI is InChI=1S/C17H20N2O5/c20-16-6-11(8-19(16)9-13-2-1-5-22-13)17(21)18-12-3-4-14-15(7-12)24-10-23-14/h3-4,7,11,13H,1-2,5-6,8-10H2,(H,18,21). The van der Waals surface area contributed by atoms with Crippen LogP contribution in [0.15, 0.2) is 18.2 Å². The predicted molar refractivity (Wildman–Crippen MR) is 84.9 cm³/mol. The molecule has 7 nitrogen and oxygen atoms in total. The van der Waals surface area contributed by atoms with E-state index in [2.05, 4.69) is 5.32 Å². The maximum Gasteiger partial charge on any atom is 0.231 e. The summed E-state index contributed by atoms with van der Waals surface area (Å²) < 4.78 is 16.1. The van der Waals surface area contributed by atoms with Gasteiger partial charge in [-0.15, -0.1) is 0 Å². The van der Waals surface area contributed by atoms with Gasteiger partial charge in [0.15, 0.2) is 11.5 Å². The summed E-state index contributed by atoms with van der Waals surface area (Å²) >= 11 is 0.